The first-order valence-corrected chi connectivity index (χ1v) is 10.9. The van der Waals surface area contributed by atoms with Gasteiger partial charge in [0, 0.05) is 30.5 Å². The number of para-hydroxylation sites is 1. The van der Waals surface area contributed by atoms with E-state index in [9.17, 15) is 4.79 Å². The number of carbonyl (C=O) groups is 1. The number of nitrogens with zero attached hydrogens (tertiary/aromatic N) is 5. The number of hydrogen-bond acceptors (Lipinski definition) is 6. The lowest BCUT2D eigenvalue weighted by atomic mass is 10.3. The number of hydrogen-bond donors (Lipinski definition) is 0. The van der Waals surface area contributed by atoms with E-state index in [2.05, 4.69) is 26.7 Å². The summed E-state index contributed by atoms with van der Waals surface area (Å²) in [6.07, 6.45) is 2.44. The number of rotatable bonds is 7. The third kappa shape index (κ3) is 3.91. The van der Waals surface area contributed by atoms with Gasteiger partial charge in [0.2, 0.25) is 5.91 Å². The molecule has 1 aliphatic carbocycles. The van der Waals surface area contributed by atoms with Crippen molar-refractivity contribution in [2.75, 3.05) is 4.90 Å². The van der Waals surface area contributed by atoms with E-state index in [1.807, 2.05) is 35.7 Å². The molecule has 4 rings (SSSR count). The van der Waals surface area contributed by atoms with Gasteiger partial charge in [0.15, 0.2) is 10.3 Å². The molecular formula is C19H21N5OS2. The highest BCUT2D eigenvalue weighted by molar-refractivity contribution is 7.98. The van der Waals surface area contributed by atoms with Gasteiger partial charge in [-0.05, 0) is 31.9 Å². The predicted octanol–water partition coefficient (Wildman–Crippen LogP) is 4.61. The number of aromatic nitrogens is 4. The summed E-state index contributed by atoms with van der Waals surface area (Å²) in [5.74, 6) is 2.37. The lowest BCUT2D eigenvalue weighted by Crippen LogP contribution is -2.22. The molecule has 1 saturated carbocycles. The average Bonchev–Trinajstić information content (AvgIpc) is 3.27. The van der Waals surface area contributed by atoms with Crippen LogP contribution in [0.5, 0.6) is 0 Å². The van der Waals surface area contributed by atoms with Crippen LogP contribution in [0.15, 0.2) is 40.9 Å². The van der Waals surface area contributed by atoms with Crippen LogP contribution in [0, 0.1) is 0 Å². The zero-order valence-corrected chi connectivity index (χ0v) is 17.0. The van der Waals surface area contributed by atoms with Crippen LogP contribution in [0.4, 0.5) is 10.8 Å². The Kier molecular flexibility index (Phi) is 5.27. The number of anilines is 2. The molecule has 0 aliphatic heterocycles. The fourth-order valence-corrected chi connectivity index (χ4v) is 4.85. The van der Waals surface area contributed by atoms with Crippen LogP contribution in [0.1, 0.15) is 44.1 Å². The Morgan fingerprint density at radius 1 is 1.30 bits per heavy atom. The van der Waals surface area contributed by atoms with Gasteiger partial charge in [0.05, 0.1) is 11.4 Å². The molecule has 27 heavy (non-hydrogen) atoms. The largest absolute Gasteiger partial charge is 0.306 e. The summed E-state index contributed by atoms with van der Waals surface area (Å²) in [4.78, 5) is 18.5. The van der Waals surface area contributed by atoms with Gasteiger partial charge in [-0.15, -0.1) is 21.5 Å². The van der Waals surface area contributed by atoms with E-state index < -0.39 is 0 Å². The molecule has 1 aromatic carbocycles. The Labute approximate surface area is 166 Å². The summed E-state index contributed by atoms with van der Waals surface area (Å²) < 4.78 is 2.21. The second kappa shape index (κ2) is 7.82. The quantitative estimate of drug-likeness (QED) is 0.543. The lowest BCUT2D eigenvalue weighted by Gasteiger charge is -2.17. The molecule has 2 heterocycles. The van der Waals surface area contributed by atoms with Crippen molar-refractivity contribution in [2.45, 2.75) is 50.1 Å². The van der Waals surface area contributed by atoms with E-state index in [0.717, 1.165) is 28.9 Å². The Hall–Kier alpha value is -2.19. The van der Waals surface area contributed by atoms with Gasteiger partial charge in [0.25, 0.3) is 0 Å². The standard InChI is InChI=1S/C19H21N5OS2/c1-3-23-17(14-9-10-14)21-22-19(23)27-12-15-11-26-18(20-15)24(13(2)25)16-7-5-4-6-8-16/h4-8,11,14H,3,9-10,12H2,1-2H3. The van der Waals surface area contributed by atoms with E-state index in [-0.39, 0.29) is 5.91 Å². The molecule has 1 aliphatic rings. The molecule has 140 valence electrons. The van der Waals surface area contributed by atoms with E-state index in [1.165, 1.54) is 24.2 Å². The Bertz CT molecular complexity index is 933. The van der Waals surface area contributed by atoms with Crippen molar-refractivity contribution in [1.29, 1.82) is 0 Å². The monoisotopic (exact) mass is 399 g/mol. The lowest BCUT2D eigenvalue weighted by molar-refractivity contribution is -0.115. The summed E-state index contributed by atoms with van der Waals surface area (Å²) in [6.45, 7) is 4.58. The molecule has 0 unspecified atom stereocenters. The SMILES string of the molecule is CCn1c(SCc2csc(N(C(C)=O)c3ccccc3)n2)nnc1C1CC1. The van der Waals surface area contributed by atoms with Crippen LogP contribution in [-0.4, -0.2) is 25.7 Å². The molecule has 2 aromatic heterocycles. The van der Waals surface area contributed by atoms with Gasteiger partial charge in [-0.3, -0.25) is 9.69 Å². The summed E-state index contributed by atoms with van der Waals surface area (Å²) in [7, 11) is 0. The molecule has 0 spiro atoms. The van der Waals surface area contributed by atoms with Crippen LogP contribution in [0.2, 0.25) is 0 Å². The van der Waals surface area contributed by atoms with Crippen molar-refractivity contribution >= 4 is 39.8 Å². The highest BCUT2D eigenvalue weighted by Crippen LogP contribution is 2.40. The summed E-state index contributed by atoms with van der Waals surface area (Å²) in [5, 5.41) is 12.4. The van der Waals surface area contributed by atoms with Crippen molar-refractivity contribution in [3.63, 3.8) is 0 Å². The van der Waals surface area contributed by atoms with Crippen molar-refractivity contribution in [3.05, 3.63) is 47.2 Å². The number of benzene rings is 1. The molecule has 0 N–H and O–H groups in total. The maximum atomic E-state index is 12.2. The van der Waals surface area contributed by atoms with Crippen molar-refractivity contribution in [3.8, 4) is 0 Å². The normalized spacial score (nSPS) is 13.7. The summed E-state index contributed by atoms with van der Waals surface area (Å²) in [5.41, 5.74) is 1.78. The van der Waals surface area contributed by atoms with Gasteiger partial charge in [-0.2, -0.15) is 0 Å². The fraction of sp³-hybridized carbons (Fsp3) is 0.368. The smallest absolute Gasteiger partial charge is 0.230 e. The Morgan fingerprint density at radius 3 is 2.74 bits per heavy atom. The van der Waals surface area contributed by atoms with Crippen LogP contribution < -0.4 is 4.90 Å². The first-order valence-electron chi connectivity index (χ1n) is 9.03. The molecular weight excluding hydrogens is 378 g/mol. The number of thioether (sulfide) groups is 1. The number of carbonyl (C=O) groups excluding carboxylic acids is 1. The molecule has 1 amide bonds. The van der Waals surface area contributed by atoms with Gasteiger partial charge >= 0.3 is 0 Å². The first kappa shape index (κ1) is 18.2. The van der Waals surface area contributed by atoms with Crippen LogP contribution in [0.25, 0.3) is 0 Å². The van der Waals surface area contributed by atoms with Gasteiger partial charge in [-0.1, -0.05) is 30.0 Å². The fourth-order valence-electron chi connectivity index (χ4n) is 2.96. The molecule has 0 radical (unpaired) electrons. The Morgan fingerprint density at radius 2 is 2.07 bits per heavy atom. The van der Waals surface area contributed by atoms with Gasteiger partial charge in [-0.25, -0.2) is 4.98 Å². The minimum atomic E-state index is -0.0467. The molecule has 0 saturated heterocycles. The highest BCUT2D eigenvalue weighted by Gasteiger charge is 2.30. The van der Waals surface area contributed by atoms with E-state index in [0.29, 0.717) is 16.8 Å². The zero-order chi connectivity index (χ0) is 18.8. The third-order valence-electron chi connectivity index (χ3n) is 4.41. The van der Waals surface area contributed by atoms with Crippen LogP contribution in [-0.2, 0) is 17.1 Å². The average molecular weight is 400 g/mol. The molecule has 6 nitrogen and oxygen atoms in total. The van der Waals surface area contributed by atoms with Gasteiger partial charge < -0.3 is 4.57 Å². The molecule has 3 aromatic rings. The zero-order valence-electron chi connectivity index (χ0n) is 15.3. The van der Waals surface area contributed by atoms with Crippen molar-refractivity contribution in [2.24, 2.45) is 0 Å². The third-order valence-corrected chi connectivity index (χ3v) is 6.29. The molecule has 0 atom stereocenters. The maximum absolute atomic E-state index is 12.2. The number of thiazole rings is 1. The van der Waals surface area contributed by atoms with E-state index >= 15 is 0 Å². The van der Waals surface area contributed by atoms with Gasteiger partial charge in [0.1, 0.15) is 5.82 Å². The minimum Gasteiger partial charge on any atom is -0.306 e. The Balaban J connectivity index is 1.49. The van der Waals surface area contributed by atoms with Crippen molar-refractivity contribution < 1.29 is 4.79 Å². The van der Waals surface area contributed by atoms with Crippen molar-refractivity contribution in [1.82, 2.24) is 19.7 Å². The predicted molar refractivity (Wildman–Crippen MR) is 109 cm³/mol. The minimum absolute atomic E-state index is 0.0467. The highest BCUT2D eigenvalue weighted by atomic mass is 32.2. The van der Waals surface area contributed by atoms with E-state index in [4.69, 9.17) is 0 Å². The summed E-state index contributed by atoms with van der Waals surface area (Å²) >= 11 is 3.13. The maximum Gasteiger partial charge on any atom is 0.230 e. The first-order chi connectivity index (χ1) is 13.2. The molecule has 1 fully saturated rings. The van der Waals surface area contributed by atoms with Crippen LogP contribution >= 0.6 is 23.1 Å². The van der Waals surface area contributed by atoms with Crippen LogP contribution in [0.3, 0.4) is 0 Å². The van der Waals surface area contributed by atoms with E-state index in [1.54, 1.807) is 23.6 Å². The second-order valence-corrected chi connectivity index (χ2v) is 8.24. The topological polar surface area (TPSA) is 63.9 Å². The second-order valence-electron chi connectivity index (χ2n) is 6.46. The summed E-state index contributed by atoms with van der Waals surface area (Å²) in [6, 6.07) is 9.61. The molecule has 8 heteroatoms. The molecule has 0 bridgehead atoms. The number of amides is 1.